The van der Waals surface area contributed by atoms with Crippen LogP contribution >= 0.6 is 7.82 Å². The Morgan fingerprint density at radius 2 is 1.05 bits per heavy atom. The molecule has 0 aliphatic rings. The summed E-state index contributed by atoms with van der Waals surface area (Å²) < 4.78 is 34.9. The molecule has 0 amide bonds. The van der Waals surface area contributed by atoms with E-state index in [1.54, 1.807) is 0 Å². The molecule has 0 aliphatic heterocycles. The van der Waals surface area contributed by atoms with Crippen molar-refractivity contribution in [2.75, 3.05) is 54.1 Å². The number of quaternary nitrogens is 1. The van der Waals surface area contributed by atoms with Gasteiger partial charge in [0.2, 0.25) is 0 Å². The van der Waals surface area contributed by atoms with E-state index in [-0.39, 0.29) is 25.8 Å². The molecule has 0 spiro atoms. The van der Waals surface area contributed by atoms with Crippen LogP contribution in [-0.2, 0) is 27.9 Å². The van der Waals surface area contributed by atoms with E-state index in [1.165, 1.54) is 77.0 Å². The summed E-state index contributed by atoms with van der Waals surface area (Å²) in [7, 11) is 1.65. The molecule has 0 aromatic heterocycles. The van der Waals surface area contributed by atoms with Crippen molar-refractivity contribution in [1.29, 1.82) is 0 Å². The Balaban J connectivity index is 4.17. The highest BCUT2D eigenvalue weighted by Crippen LogP contribution is 2.43. The Kier molecular flexibility index (Phi) is 37.8. The summed E-state index contributed by atoms with van der Waals surface area (Å²) in [5.41, 5.74) is 0. The third-order valence-electron chi connectivity index (χ3n) is 9.06. The van der Waals surface area contributed by atoms with E-state index >= 15 is 0 Å². The second-order valence-electron chi connectivity index (χ2n) is 15.7. The number of hydrogen-bond donors (Lipinski definition) is 1. The number of hydrogen-bond acceptors (Lipinski definition) is 6. The molecule has 0 aromatic rings. The van der Waals surface area contributed by atoms with Crippen LogP contribution in [0.3, 0.4) is 0 Å². The van der Waals surface area contributed by atoms with Crippen LogP contribution < -0.4 is 0 Å². The number of unbranched alkanes of at least 4 members (excludes halogenated alkanes) is 16. The van der Waals surface area contributed by atoms with E-state index in [2.05, 4.69) is 74.6 Å². The fourth-order valence-electron chi connectivity index (χ4n) is 5.64. The standard InChI is InChI=1S/C46H84NO7P/c1-6-8-10-12-14-16-18-19-20-21-22-23-24-25-26-27-28-30-32-34-36-38-41-51-43-45(44-53-55(49,50)52-42-40-47(3,4)5)54-46(48)39-37-35-33-31-29-17-15-13-11-9-7-2/h8,10,13-16,19-20,22-23,45H,6-7,9,11-12,17-18,21,24-44H2,1-5H3/p+1/b10-8-,15-13-,16-14-,20-19-,23-22-. The molecule has 0 fully saturated rings. The van der Waals surface area contributed by atoms with Crippen molar-refractivity contribution in [3.05, 3.63) is 60.8 Å². The fraction of sp³-hybridized carbons (Fsp3) is 0.761. The summed E-state index contributed by atoms with van der Waals surface area (Å²) in [6, 6.07) is 0. The summed E-state index contributed by atoms with van der Waals surface area (Å²) in [5.74, 6) is -0.329. The summed E-state index contributed by atoms with van der Waals surface area (Å²) in [5, 5.41) is 0. The average molecular weight is 795 g/mol. The average Bonchev–Trinajstić information content (AvgIpc) is 3.13. The van der Waals surface area contributed by atoms with Crippen LogP contribution in [-0.4, -0.2) is 75.6 Å². The topological polar surface area (TPSA) is 91.3 Å². The molecule has 0 aliphatic carbocycles. The van der Waals surface area contributed by atoms with Gasteiger partial charge in [-0.2, -0.15) is 0 Å². The first-order valence-corrected chi connectivity index (χ1v) is 23.5. The predicted octanol–water partition coefficient (Wildman–Crippen LogP) is 12.9. The van der Waals surface area contributed by atoms with Crippen LogP contribution in [0.1, 0.15) is 168 Å². The maximum Gasteiger partial charge on any atom is 0.472 e. The van der Waals surface area contributed by atoms with Crippen molar-refractivity contribution in [3.63, 3.8) is 0 Å². The minimum Gasteiger partial charge on any atom is -0.457 e. The van der Waals surface area contributed by atoms with Crippen LogP contribution in [0.2, 0.25) is 0 Å². The van der Waals surface area contributed by atoms with Crippen molar-refractivity contribution in [2.24, 2.45) is 0 Å². The fourth-order valence-corrected chi connectivity index (χ4v) is 6.38. The maximum atomic E-state index is 12.6. The highest BCUT2D eigenvalue weighted by Gasteiger charge is 2.26. The molecule has 1 N–H and O–H groups in total. The number of phosphoric acid groups is 1. The molecule has 0 bridgehead atoms. The molecule has 0 saturated heterocycles. The Hall–Kier alpha value is -1.80. The molecule has 2 atom stereocenters. The molecular weight excluding hydrogens is 709 g/mol. The van der Waals surface area contributed by atoms with Crippen LogP contribution in [0.25, 0.3) is 0 Å². The SMILES string of the molecule is CC/C=C\C/C=C\C/C=C\C/C=C\CCCCCCCCCCCOCC(COP(=O)(O)OCC[N+](C)(C)C)OC(=O)CCCCCCC/C=C\CCCC. The van der Waals surface area contributed by atoms with Crippen LogP contribution in [0.4, 0.5) is 0 Å². The first kappa shape index (κ1) is 53.2. The number of nitrogens with zero attached hydrogens (tertiary/aromatic N) is 1. The lowest BCUT2D eigenvalue weighted by molar-refractivity contribution is -0.870. The van der Waals surface area contributed by atoms with Gasteiger partial charge in [-0.05, 0) is 70.6 Å². The molecule has 9 heteroatoms. The Morgan fingerprint density at radius 1 is 0.582 bits per heavy atom. The Morgan fingerprint density at radius 3 is 1.60 bits per heavy atom. The lowest BCUT2D eigenvalue weighted by Crippen LogP contribution is -2.37. The lowest BCUT2D eigenvalue weighted by Gasteiger charge is -2.24. The molecule has 0 saturated carbocycles. The van der Waals surface area contributed by atoms with E-state index in [9.17, 15) is 14.3 Å². The maximum absolute atomic E-state index is 12.6. The van der Waals surface area contributed by atoms with Crippen molar-refractivity contribution in [1.82, 2.24) is 0 Å². The number of carbonyl (C=O) groups excluding carboxylic acids is 1. The van der Waals surface area contributed by atoms with E-state index in [4.69, 9.17) is 18.5 Å². The minimum absolute atomic E-state index is 0.0834. The van der Waals surface area contributed by atoms with E-state index in [1.807, 2.05) is 21.1 Å². The zero-order chi connectivity index (χ0) is 40.6. The summed E-state index contributed by atoms with van der Waals surface area (Å²) >= 11 is 0. The van der Waals surface area contributed by atoms with Gasteiger partial charge in [0.05, 0.1) is 34.4 Å². The van der Waals surface area contributed by atoms with Gasteiger partial charge in [0, 0.05) is 13.0 Å². The molecule has 2 unspecified atom stereocenters. The van der Waals surface area contributed by atoms with Gasteiger partial charge in [0.15, 0.2) is 0 Å². The Bertz CT molecular complexity index is 1060. The predicted molar refractivity (Wildman–Crippen MR) is 233 cm³/mol. The number of phosphoric ester groups is 1. The summed E-state index contributed by atoms with van der Waals surface area (Å²) in [6.45, 7) is 5.43. The largest absolute Gasteiger partial charge is 0.472 e. The number of ether oxygens (including phenoxy) is 2. The molecule has 0 radical (unpaired) electrons. The second kappa shape index (κ2) is 39.0. The molecule has 8 nitrogen and oxygen atoms in total. The second-order valence-corrected chi connectivity index (χ2v) is 17.1. The van der Waals surface area contributed by atoms with Gasteiger partial charge in [-0.15, -0.1) is 0 Å². The van der Waals surface area contributed by atoms with Crippen LogP contribution in [0.5, 0.6) is 0 Å². The van der Waals surface area contributed by atoms with Gasteiger partial charge in [-0.1, -0.05) is 152 Å². The number of rotatable bonds is 40. The van der Waals surface area contributed by atoms with Crippen molar-refractivity contribution >= 4 is 13.8 Å². The zero-order valence-corrected chi connectivity index (χ0v) is 37.0. The highest BCUT2D eigenvalue weighted by molar-refractivity contribution is 7.47. The smallest absolute Gasteiger partial charge is 0.457 e. The van der Waals surface area contributed by atoms with E-state index in [0.29, 0.717) is 24.1 Å². The zero-order valence-electron chi connectivity index (χ0n) is 36.1. The number of esters is 1. The molecular formula is C46H85NO7P+. The van der Waals surface area contributed by atoms with Crippen molar-refractivity contribution < 1.29 is 37.3 Å². The van der Waals surface area contributed by atoms with Gasteiger partial charge in [-0.25, -0.2) is 4.57 Å². The molecule has 0 rings (SSSR count). The van der Waals surface area contributed by atoms with Gasteiger partial charge in [-0.3, -0.25) is 13.8 Å². The third-order valence-corrected chi connectivity index (χ3v) is 10.0. The normalized spacial score (nSPS) is 14.4. The van der Waals surface area contributed by atoms with Gasteiger partial charge < -0.3 is 18.9 Å². The Labute approximate surface area is 339 Å². The first-order valence-electron chi connectivity index (χ1n) is 22.0. The summed E-state index contributed by atoms with van der Waals surface area (Å²) in [4.78, 5) is 22.8. The van der Waals surface area contributed by atoms with E-state index in [0.717, 1.165) is 70.6 Å². The van der Waals surface area contributed by atoms with Gasteiger partial charge >= 0.3 is 13.8 Å². The summed E-state index contributed by atoms with van der Waals surface area (Å²) in [6.07, 6.45) is 48.3. The van der Waals surface area contributed by atoms with Crippen LogP contribution in [0, 0.1) is 0 Å². The minimum atomic E-state index is -4.28. The van der Waals surface area contributed by atoms with E-state index < -0.39 is 13.9 Å². The van der Waals surface area contributed by atoms with Gasteiger partial charge in [0.1, 0.15) is 19.3 Å². The first-order chi connectivity index (χ1) is 26.6. The monoisotopic (exact) mass is 795 g/mol. The van der Waals surface area contributed by atoms with Crippen LogP contribution in [0.15, 0.2) is 60.8 Å². The lowest BCUT2D eigenvalue weighted by atomic mass is 10.1. The van der Waals surface area contributed by atoms with Gasteiger partial charge in [0.25, 0.3) is 0 Å². The molecule has 320 valence electrons. The molecule has 0 heterocycles. The number of likely N-dealkylation sites (N-methyl/N-ethyl adjacent to an activating group) is 1. The highest BCUT2D eigenvalue weighted by atomic mass is 31.2. The van der Waals surface area contributed by atoms with Crippen molar-refractivity contribution in [3.8, 4) is 0 Å². The molecule has 0 aromatic carbocycles. The number of allylic oxidation sites excluding steroid dienone is 10. The quantitative estimate of drug-likeness (QED) is 0.0217. The number of carbonyl (C=O) groups is 1. The molecule has 55 heavy (non-hydrogen) atoms. The third kappa shape index (κ3) is 43.2. The van der Waals surface area contributed by atoms with Crippen molar-refractivity contribution in [2.45, 2.75) is 174 Å².